The minimum atomic E-state index is -0.300. The molecule has 0 saturated carbocycles. The summed E-state index contributed by atoms with van der Waals surface area (Å²) in [5, 5.41) is 5.74. The Hall–Kier alpha value is -3.47. The third-order valence-corrected chi connectivity index (χ3v) is 4.44. The Bertz CT molecular complexity index is 1010. The first-order chi connectivity index (χ1) is 13.4. The zero-order chi connectivity index (χ0) is 20.1. The van der Waals surface area contributed by atoms with Crippen molar-refractivity contribution >= 4 is 17.5 Å². The Balaban J connectivity index is 1.69. The van der Waals surface area contributed by atoms with Crippen LogP contribution in [0.5, 0.6) is 0 Å². The molecule has 2 amide bonds. The Morgan fingerprint density at radius 1 is 0.857 bits per heavy atom. The van der Waals surface area contributed by atoms with Crippen molar-refractivity contribution in [2.45, 2.75) is 27.3 Å². The van der Waals surface area contributed by atoms with Gasteiger partial charge in [-0.3, -0.25) is 14.6 Å². The van der Waals surface area contributed by atoms with E-state index in [2.05, 4.69) is 15.6 Å². The van der Waals surface area contributed by atoms with Crippen LogP contribution in [0.4, 0.5) is 5.69 Å². The number of rotatable bonds is 5. The summed E-state index contributed by atoms with van der Waals surface area (Å²) in [6, 6.07) is 15.3. The maximum absolute atomic E-state index is 12.6. The standard InChI is InChI=1S/C23H23N3O2/c1-15-8-16(2)10-21(9-15)26-23(28)20-11-19(12-24-13-20)22(27)25-14-18-7-5-4-6-17(18)3/h4-13H,14H2,1-3H3,(H,25,27)(H,26,28). The molecular formula is C23H23N3O2. The van der Waals surface area contributed by atoms with E-state index < -0.39 is 0 Å². The number of carbonyl (C=O) groups is 2. The van der Waals surface area contributed by atoms with Crippen LogP contribution >= 0.6 is 0 Å². The fourth-order valence-electron chi connectivity index (χ4n) is 3.02. The average molecular weight is 373 g/mol. The number of carbonyl (C=O) groups excluding carboxylic acids is 2. The highest BCUT2D eigenvalue weighted by molar-refractivity contribution is 6.05. The molecule has 5 heteroatoms. The van der Waals surface area contributed by atoms with E-state index in [0.717, 1.165) is 27.9 Å². The Labute approximate surface area is 164 Å². The molecule has 0 bridgehead atoms. The Morgan fingerprint density at radius 3 is 2.18 bits per heavy atom. The predicted octanol–water partition coefficient (Wildman–Crippen LogP) is 4.19. The lowest BCUT2D eigenvalue weighted by atomic mass is 10.1. The Morgan fingerprint density at radius 2 is 1.50 bits per heavy atom. The molecule has 0 saturated heterocycles. The van der Waals surface area contributed by atoms with Crippen LogP contribution in [0.15, 0.2) is 60.9 Å². The van der Waals surface area contributed by atoms with E-state index in [4.69, 9.17) is 0 Å². The van der Waals surface area contributed by atoms with Gasteiger partial charge in [0.1, 0.15) is 0 Å². The molecule has 0 aliphatic heterocycles. The largest absolute Gasteiger partial charge is 0.348 e. The number of hydrogen-bond donors (Lipinski definition) is 2. The van der Waals surface area contributed by atoms with Crippen molar-refractivity contribution < 1.29 is 9.59 Å². The number of anilines is 1. The molecule has 28 heavy (non-hydrogen) atoms. The van der Waals surface area contributed by atoms with Crippen molar-refractivity contribution in [2.24, 2.45) is 0 Å². The number of hydrogen-bond acceptors (Lipinski definition) is 3. The van der Waals surface area contributed by atoms with Gasteiger partial charge < -0.3 is 10.6 Å². The van der Waals surface area contributed by atoms with E-state index in [9.17, 15) is 9.59 Å². The lowest BCUT2D eigenvalue weighted by Crippen LogP contribution is -2.24. The molecule has 0 atom stereocenters. The summed E-state index contributed by atoms with van der Waals surface area (Å²) in [4.78, 5) is 29.1. The van der Waals surface area contributed by atoms with Gasteiger partial charge in [0.05, 0.1) is 11.1 Å². The fraction of sp³-hybridized carbons (Fsp3) is 0.174. The lowest BCUT2D eigenvalue weighted by molar-refractivity contribution is 0.0950. The summed E-state index contributed by atoms with van der Waals surface area (Å²) in [5.74, 6) is -0.567. The van der Waals surface area contributed by atoms with Crippen molar-refractivity contribution in [1.82, 2.24) is 10.3 Å². The van der Waals surface area contributed by atoms with Gasteiger partial charge in [0.15, 0.2) is 0 Å². The summed E-state index contributed by atoms with van der Waals surface area (Å²) >= 11 is 0. The second kappa shape index (κ2) is 8.48. The predicted molar refractivity (Wildman–Crippen MR) is 110 cm³/mol. The molecule has 3 rings (SSSR count). The van der Waals surface area contributed by atoms with Gasteiger partial charge in [0.2, 0.25) is 0 Å². The Kier molecular flexibility index (Phi) is 5.84. The summed E-state index contributed by atoms with van der Waals surface area (Å²) in [6.07, 6.45) is 2.91. The molecule has 1 heterocycles. The van der Waals surface area contributed by atoms with Gasteiger partial charge in [0.25, 0.3) is 11.8 Å². The molecule has 0 aliphatic rings. The SMILES string of the molecule is Cc1cc(C)cc(NC(=O)c2cncc(C(=O)NCc3ccccc3C)c2)c1. The van der Waals surface area contributed by atoms with Crippen molar-refractivity contribution in [1.29, 1.82) is 0 Å². The highest BCUT2D eigenvalue weighted by Crippen LogP contribution is 2.15. The van der Waals surface area contributed by atoms with E-state index in [1.165, 1.54) is 12.4 Å². The summed E-state index contributed by atoms with van der Waals surface area (Å²) < 4.78 is 0. The molecule has 142 valence electrons. The topological polar surface area (TPSA) is 71.1 Å². The van der Waals surface area contributed by atoms with Crippen molar-refractivity contribution in [3.8, 4) is 0 Å². The smallest absolute Gasteiger partial charge is 0.257 e. The molecule has 1 aromatic heterocycles. The molecule has 3 aromatic rings. The zero-order valence-corrected chi connectivity index (χ0v) is 16.2. The van der Waals surface area contributed by atoms with Crippen LogP contribution in [0.25, 0.3) is 0 Å². The third-order valence-electron chi connectivity index (χ3n) is 4.44. The first-order valence-corrected chi connectivity index (χ1v) is 9.10. The normalized spacial score (nSPS) is 10.4. The molecule has 2 aromatic carbocycles. The highest BCUT2D eigenvalue weighted by atomic mass is 16.2. The minimum Gasteiger partial charge on any atom is -0.348 e. The van der Waals surface area contributed by atoms with Crippen LogP contribution in [0.1, 0.15) is 43.0 Å². The highest BCUT2D eigenvalue weighted by Gasteiger charge is 2.12. The summed E-state index contributed by atoms with van der Waals surface area (Å²) in [7, 11) is 0. The molecule has 2 N–H and O–H groups in total. The molecule has 5 nitrogen and oxygen atoms in total. The van der Waals surface area contributed by atoms with Gasteiger partial charge in [-0.05, 0) is 61.2 Å². The van der Waals surface area contributed by atoms with Crippen molar-refractivity contribution in [3.05, 3.63) is 94.3 Å². The van der Waals surface area contributed by atoms with Crippen LogP contribution in [-0.4, -0.2) is 16.8 Å². The van der Waals surface area contributed by atoms with Gasteiger partial charge in [-0.2, -0.15) is 0 Å². The number of aromatic nitrogens is 1. The van der Waals surface area contributed by atoms with Crippen LogP contribution in [-0.2, 0) is 6.54 Å². The number of nitrogens with zero attached hydrogens (tertiary/aromatic N) is 1. The van der Waals surface area contributed by atoms with Crippen LogP contribution < -0.4 is 10.6 Å². The maximum atomic E-state index is 12.6. The number of pyridine rings is 1. The van der Waals surface area contributed by atoms with E-state index in [-0.39, 0.29) is 11.8 Å². The van der Waals surface area contributed by atoms with E-state index in [0.29, 0.717) is 17.7 Å². The zero-order valence-electron chi connectivity index (χ0n) is 16.2. The minimum absolute atomic E-state index is 0.267. The number of benzene rings is 2. The van der Waals surface area contributed by atoms with Gasteiger partial charge in [-0.15, -0.1) is 0 Å². The first kappa shape index (κ1) is 19.3. The molecular weight excluding hydrogens is 350 g/mol. The molecule has 0 unspecified atom stereocenters. The van der Waals surface area contributed by atoms with Crippen molar-refractivity contribution in [2.75, 3.05) is 5.32 Å². The van der Waals surface area contributed by atoms with Crippen molar-refractivity contribution in [3.63, 3.8) is 0 Å². The molecule has 0 aliphatic carbocycles. The maximum Gasteiger partial charge on any atom is 0.257 e. The first-order valence-electron chi connectivity index (χ1n) is 9.10. The number of amides is 2. The van der Waals surface area contributed by atoms with E-state index in [1.807, 2.05) is 63.2 Å². The second-order valence-corrected chi connectivity index (χ2v) is 6.90. The third kappa shape index (κ3) is 4.82. The second-order valence-electron chi connectivity index (χ2n) is 6.90. The van der Waals surface area contributed by atoms with Crippen LogP contribution in [0.2, 0.25) is 0 Å². The average Bonchev–Trinajstić information content (AvgIpc) is 2.66. The van der Waals surface area contributed by atoms with Gasteiger partial charge in [-0.1, -0.05) is 30.3 Å². The number of nitrogens with one attached hydrogen (secondary N) is 2. The summed E-state index contributed by atoms with van der Waals surface area (Å²) in [5.41, 5.74) is 5.70. The molecule has 0 spiro atoms. The number of aryl methyl sites for hydroxylation is 3. The fourth-order valence-corrected chi connectivity index (χ4v) is 3.02. The van der Waals surface area contributed by atoms with Crippen LogP contribution in [0, 0.1) is 20.8 Å². The van der Waals surface area contributed by atoms with E-state index >= 15 is 0 Å². The van der Waals surface area contributed by atoms with Gasteiger partial charge in [0, 0.05) is 24.6 Å². The molecule has 0 fully saturated rings. The van der Waals surface area contributed by atoms with Gasteiger partial charge in [-0.25, -0.2) is 0 Å². The monoisotopic (exact) mass is 373 g/mol. The lowest BCUT2D eigenvalue weighted by Gasteiger charge is -2.10. The molecule has 0 radical (unpaired) electrons. The van der Waals surface area contributed by atoms with Crippen LogP contribution in [0.3, 0.4) is 0 Å². The summed E-state index contributed by atoms with van der Waals surface area (Å²) in [6.45, 7) is 6.37. The van der Waals surface area contributed by atoms with Gasteiger partial charge >= 0.3 is 0 Å². The quantitative estimate of drug-likeness (QED) is 0.704. The van der Waals surface area contributed by atoms with E-state index in [1.54, 1.807) is 6.07 Å².